The lowest BCUT2D eigenvalue weighted by Gasteiger charge is -2.36. The highest BCUT2D eigenvalue weighted by molar-refractivity contribution is 5.34. The summed E-state index contributed by atoms with van der Waals surface area (Å²) >= 11 is 0. The summed E-state index contributed by atoms with van der Waals surface area (Å²) in [6, 6.07) is 5.48. The summed E-state index contributed by atoms with van der Waals surface area (Å²) in [7, 11) is 0. The molecule has 2 nitrogen and oxygen atoms in total. The molecule has 1 atom stereocenters. The highest BCUT2D eigenvalue weighted by atomic mass is 19.1. The molecule has 0 aliphatic carbocycles. The molecule has 0 spiro atoms. The van der Waals surface area contributed by atoms with Gasteiger partial charge in [0, 0.05) is 31.1 Å². The number of hydrogen-bond acceptors (Lipinski definition) is 2. The van der Waals surface area contributed by atoms with E-state index in [2.05, 4.69) is 16.3 Å². The Morgan fingerprint density at radius 1 is 1.38 bits per heavy atom. The molecule has 1 N–H and O–H groups in total. The SMILES string of the molecule is Fc1cccc2c1CNCC2CN1CCC1. The van der Waals surface area contributed by atoms with Crippen LogP contribution in [0.15, 0.2) is 18.2 Å². The van der Waals surface area contributed by atoms with Gasteiger partial charge in [0.1, 0.15) is 5.82 Å². The first-order valence-corrected chi connectivity index (χ1v) is 6.05. The van der Waals surface area contributed by atoms with Crippen molar-refractivity contribution in [2.75, 3.05) is 26.2 Å². The Balaban J connectivity index is 1.84. The number of halogens is 1. The third kappa shape index (κ3) is 1.74. The van der Waals surface area contributed by atoms with Gasteiger partial charge in [-0.3, -0.25) is 0 Å². The van der Waals surface area contributed by atoms with Crippen LogP contribution in [-0.2, 0) is 6.54 Å². The summed E-state index contributed by atoms with van der Waals surface area (Å²) in [6.45, 7) is 5.15. The molecule has 0 aromatic heterocycles. The summed E-state index contributed by atoms with van der Waals surface area (Å²) < 4.78 is 13.6. The fourth-order valence-corrected chi connectivity index (χ4v) is 2.66. The molecular weight excluding hydrogens is 203 g/mol. The van der Waals surface area contributed by atoms with Crippen molar-refractivity contribution in [2.45, 2.75) is 18.9 Å². The summed E-state index contributed by atoms with van der Waals surface area (Å²) in [5.74, 6) is 0.401. The molecule has 0 amide bonds. The maximum Gasteiger partial charge on any atom is 0.127 e. The molecule has 1 unspecified atom stereocenters. The van der Waals surface area contributed by atoms with Crippen molar-refractivity contribution in [1.29, 1.82) is 0 Å². The van der Waals surface area contributed by atoms with Crippen LogP contribution in [0.1, 0.15) is 23.5 Å². The molecule has 2 aliphatic rings. The summed E-state index contributed by atoms with van der Waals surface area (Å²) in [6.07, 6.45) is 1.32. The molecule has 86 valence electrons. The van der Waals surface area contributed by atoms with Crippen LogP contribution in [0.4, 0.5) is 4.39 Å². The van der Waals surface area contributed by atoms with Crippen molar-refractivity contribution in [3.05, 3.63) is 35.1 Å². The van der Waals surface area contributed by atoms with Gasteiger partial charge in [0.05, 0.1) is 0 Å². The average Bonchev–Trinajstić information content (AvgIpc) is 2.24. The molecule has 0 bridgehead atoms. The predicted octanol–water partition coefficient (Wildman–Crippen LogP) is 1.72. The lowest BCUT2D eigenvalue weighted by atomic mass is 9.89. The second-order valence-electron chi connectivity index (χ2n) is 4.79. The van der Waals surface area contributed by atoms with Crippen molar-refractivity contribution in [3.63, 3.8) is 0 Å². The zero-order valence-corrected chi connectivity index (χ0v) is 9.38. The smallest absolute Gasteiger partial charge is 0.127 e. The number of likely N-dealkylation sites (tertiary alicyclic amines) is 1. The van der Waals surface area contributed by atoms with Gasteiger partial charge in [-0.05, 0) is 31.1 Å². The molecule has 1 saturated heterocycles. The lowest BCUT2D eigenvalue weighted by molar-refractivity contribution is 0.166. The Labute approximate surface area is 95.4 Å². The van der Waals surface area contributed by atoms with E-state index < -0.39 is 0 Å². The molecule has 3 rings (SSSR count). The van der Waals surface area contributed by atoms with E-state index in [-0.39, 0.29) is 5.82 Å². The van der Waals surface area contributed by atoms with Gasteiger partial charge in [-0.25, -0.2) is 4.39 Å². The molecule has 0 saturated carbocycles. The second kappa shape index (κ2) is 4.15. The highest BCUT2D eigenvalue weighted by Gasteiger charge is 2.25. The molecule has 1 aromatic rings. The molecule has 0 radical (unpaired) electrons. The molecule has 2 heterocycles. The molecule has 3 heteroatoms. The predicted molar refractivity (Wildman–Crippen MR) is 61.9 cm³/mol. The second-order valence-corrected chi connectivity index (χ2v) is 4.79. The van der Waals surface area contributed by atoms with Crippen molar-refractivity contribution in [2.24, 2.45) is 0 Å². The van der Waals surface area contributed by atoms with E-state index in [0.29, 0.717) is 12.5 Å². The zero-order valence-electron chi connectivity index (χ0n) is 9.38. The number of fused-ring (bicyclic) bond motifs is 1. The number of nitrogens with zero attached hydrogens (tertiary/aromatic N) is 1. The molecular formula is C13H17FN2. The van der Waals surface area contributed by atoms with E-state index in [4.69, 9.17) is 0 Å². The van der Waals surface area contributed by atoms with Crippen LogP contribution < -0.4 is 5.32 Å². The number of hydrogen-bond donors (Lipinski definition) is 1. The van der Waals surface area contributed by atoms with Crippen LogP contribution in [0.3, 0.4) is 0 Å². The largest absolute Gasteiger partial charge is 0.312 e. The lowest BCUT2D eigenvalue weighted by Crippen LogP contribution is -2.43. The Kier molecular flexibility index (Phi) is 2.65. The maximum atomic E-state index is 13.6. The van der Waals surface area contributed by atoms with E-state index in [1.54, 1.807) is 6.07 Å². The first-order chi connectivity index (χ1) is 7.84. The summed E-state index contributed by atoms with van der Waals surface area (Å²) in [4.78, 5) is 2.45. The first-order valence-electron chi connectivity index (χ1n) is 6.05. The highest BCUT2D eigenvalue weighted by Crippen LogP contribution is 2.27. The minimum Gasteiger partial charge on any atom is -0.312 e. The fraction of sp³-hybridized carbons (Fsp3) is 0.538. The van der Waals surface area contributed by atoms with Gasteiger partial charge in [0.2, 0.25) is 0 Å². The van der Waals surface area contributed by atoms with Crippen LogP contribution in [0, 0.1) is 5.82 Å². The normalized spacial score (nSPS) is 24.9. The standard InChI is InChI=1S/C13H17FN2/c14-13-4-1-3-11-10(7-15-8-12(11)13)9-16-5-2-6-16/h1,3-4,10,15H,2,5-9H2. The van der Waals surface area contributed by atoms with Crippen molar-refractivity contribution < 1.29 is 4.39 Å². The first kappa shape index (κ1) is 10.2. The van der Waals surface area contributed by atoms with Gasteiger partial charge in [0.15, 0.2) is 0 Å². The van der Waals surface area contributed by atoms with Crippen molar-refractivity contribution in [1.82, 2.24) is 10.2 Å². The number of rotatable bonds is 2. The van der Waals surface area contributed by atoms with E-state index >= 15 is 0 Å². The Hall–Kier alpha value is -0.930. The van der Waals surface area contributed by atoms with Crippen LogP contribution in [0.5, 0.6) is 0 Å². The van der Waals surface area contributed by atoms with E-state index in [1.165, 1.54) is 25.1 Å². The van der Waals surface area contributed by atoms with Gasteiger partial charge < -0.3 is 10.2 Å². The third-order valence-electron chi connectivity index (χ3n) is 3.71. The Morgan fingerprint density at radius 2 is 2.25 bits per heavy atom. The van der Waals surface area contributed by atoms with E-state index in [0.717, 1.165) is 18.7 Å². The van der Waals surface area contributed by atoms with Crippen LogP contribution in [0.25, 0.3) is 0 Å². The third-order valence-corrected chi connectivity index (χ3v) is 3.71. The topological polar surface area (TPSA) is 15.3 Å². The van der Waals surface area contributed by atoms with Gasteiger partial charge in [0.25, 0.3) is 0 Å². The summed E-state index contributed by atoms with van der Waals surface area (Å²) in [5, 5.41) is 3.32. The van der Waals surface area contributed by atoms with Gasteiger partial charge in [-0.1, -0.05) is 12.1 Å². The Morgan fingerprint density at radius 3 is 3.00 bits per heavy atom. The molecule has 2 aliphatic heterocycles. The molecule has 16 heavy (non-hydrogen) atoms. The minimum absolute atomic E-state index is 0.0571. The summed E-state index contributed by atoms with van der Waals surface area (Å²) in [5.41, 5.74) is 2.09. The van der Waals surface area contributed by atoms with Gasteiger partial charge in [-0.15, -0.1) is 0 Å². The monoisotopic (exact) mass is 220 g/mol. The van der Waals surface area contributed by atoms with E-state index in [9.17, 15) is 4.39 Å². The van der Waals surface area contributed by atoms with Gasteiger partial charge in [-0.2, -0.15) is 0 Å². The van der Waals surface area contributed by atoms with E-state index in [1.807, 2.05) is 6.07 Å². The van der Waals surface area contributed by atoms with Crippen molar-refractivity contribution in [3.8, 4) is 0 Å². The van der Waals surface area contributed by atoms with Crippen molar-refractivity contribution >= 4 is 0 Å². The number of nitrogens with one attached hydrogen (secondary N) is 1. The van der Waals surface area contributed by atoms with Crippen LogP contribution in [-0.4, -0.2) is 31.1 Å². The fourth-order valence-electron chi connectivity index (χ4n) is 2.66. The van der Waals surface area contributed by atoms with Crippen LogP contribution in [0.2, 0.25) is 0 Å². The quantitative estimate of drug-likeness (QED) is 0.816. The minimum atomic E-state index is -0.0571. The maximum absolute atomic E-state index is 13.6. The Bertz CT molecular complexity index is 388. The zero-order chi connectivity index (χ0) is 11.0. The molecule has 1 fully saturated rings. The average molecular weight is 220 g/mol. The molecule has 1 aromatic carbocycles. The number of benzene rings is 1. The van der Waals surface area contributed by atoms with Gasteiger partial charge >= 0.3 is 0 Å². The van der Waals surface area contributed by atoms with Crippen LogP contribution >= 0.6 is 0 Å².